The fourth-order valence-electron chi connectivity index (χ4n) is 9.76. The van der Waals surface area contributed by atoms with Gasteiger partial charge in [0.05, 0.1) is 11.5 Å². The summed E-state index contributed by atoms with van der Waals surface area (Å²) in [4.78, 5) is 2.79. The first-order valence-electron chi connectivity index (χ1n) is 12.7. The Balaban J connectivity index is 1.43. The molecule has 3 saturated carbocycles. The van der Waals surface area contributed by atoms with Crippen LogP contribution >= 0.6 is 0 Å². The number of aliphatic hydroxyl groups excluding tert-OH is 1. The third-order valence-corrected chi connectivity index (χ3v) is 11.1. The second-order valence-electron chi connectivity index (χ2n) is 11.9. The number of benzene rings is 1. The molecule has 0 aromatic heterocycles. The summed E-state index contributed by atoms with van der Waals surface area (Å²) >= 11 is 0. The maximum Gasteiger partial charge on any atom is 0.165 e. The lowest BCUT2D eigenvalue weighted by molar-refractivity contribution is -0.268. The second-order valence-corrected chi connectivity index (χ2v) is 11.9. The van der Waals surface area contributed by atoms with Gasteiger partial charge in [0.15, 0.2) is 11.5 Å². The molecule has 32 heavy (non-hydrogen) atoms. The Kier molecular flexibility index (Phi) is 3.27. The summed E-state index contributed by atoms with van der Waals surface area (Å²) in [6, 6.07) is 4.39. The number of phenolic OH excluding ortho intramolecular Hbond substituents is 1. The van der Waals surface area contributed by atoms with Crippen molar-refractivity contribution in [2.45, 2.75) is 80.6 Å². The molecule has 5 nitrogen and oxygen atoms in total. The van der Waals surface area contributed by atoms with Crippen LogP contribution in [0.15, 0.2) is 24.3 Å². The van der Waals surface area contributed by atoms with Gasteiger partial charge in [0.2, 0.25) is 0 Å². The SMILES string of the molecule is CO[C@]12C=CC3(CC14CCC[C@H]4O)C1Cc4ccc(O)c5c4C3(CCN1CC1CC1)[C@@H]2O5. The van der Waals surface area contributed by atoms with Gasteiger partial charge in [-0.15, -0.1) is 0 Å². The number of hydrogen-bond acceptors (Lipinski definition) is 5. The molecule has 170 valence electrons. The van der Waals surface area contributed by atoms with Gasteiger partial charge in [0.25, 0.3) is 0 Å². The highest BCUT2D eigenvalue weighted by Gasteiger charge is 2.83. The van der Waals surface area contributed by atoms with Crippen LogP contribution in [0.5, 0.6) is 11.5 Å². The first-order chi connectivity index (χ1) is 15.5. The maximum atomic E-state index is 11.5. The number of ether oxygens (including phenoxy) is 2. The predicted molar refractivity (Wildman–Crippen MR) is 119 cm³/mol. The number of phenols is 1. The molecule has 4 fully saturated rings. The van der Waals surface area contributed by atoms with Gasteiger partial charge in [0, 0.05) is 36.1 Å². The number of aromatic hydroxyl groups is 1. The van der Waals surface area contributed by atoms with Crippen molar-refractivity contribution in [3.05, 3.63) is 35.4 Å². The Labute approximate surface area is 189 Å². The molecule has 9 rings (SSSR count). The first-order valence-corrected chi connectivity index (χ1v) is 12.7. The molecular weight excluding hydrogens is 402 g/mol. The van der Waals surface area contributed by atoms with E-state index >= 15 is 0 Å². The number of piperidine rings is 1. The summed E-state index contributed by atoms with van der Waals surface area (Å²) in [5.74, 6) is 1.81. The number of hydrogen-bond donors (Lipinski definition) is 2. The molecule has 5 heteroatoms. The van der Waals surface area contributed by atoms with E-state index in [2.05, 4.69) is 23.1 Å². The normalized spacial score (nSPS) is 49.5. The standard InChI is InChI=1S/C27H33NO4/c1-31-27-10-9-24(15-25(27)8-2-3-20(25)30)19-13-17-6-7-18(29)22-21(17)26(24,23(27)32-22)11-12-28(19)14-16-4-5-16/h6-7,9-10,16,19-20,23,29-30H,2-5,8,11-15H2,1H3/t19?,20-,23+,24?,25?,26?,27+/m1/s1. The van der Waals surface area contributed by atoms with Crippen molar-refractivity contribution in [1.29, 1.82) is 0 Å². The van der Waals surface area contributed by atoms with Gasteiger partial charge in [0.1, 0.15) is 11.7 Å². The lowest BCUT2D eigenvalue weighted by Gasteiger charge is -2.74. The summed E-state index contributed by atoms with van der Waals surface area (Å²) in [6.45, 7) is 2.29. The summed E-state index contributed by atoms with van der Waals surface area (Å²) in [6.07, 6.45) is 12.8. The number of aliphatic hydroxyl groups is 1. The van der Waals surface area contributed by atoms with Crippen LogP contribution in [0.25, 0.3) is 0 Å². The zero-order chi connectivity index (χ0) is 21.5. The smallest absolute Gasteiger partial charge is 0.165 e. The van der Waals surface area contributed by atoms with Crippen LogP contribution in [-0.2, 0) is 16.6 Å². The number of methoxy groups -OCH3 is 1. The van der Waals surface area contributed by atoms with Crippen molar-refractivity contribution < 1.29 is 19.7 Å². The monoisotopic (exact) mass is 435 g/mol. The van der Waals surface area contributed by atoms with E-state index in [0.717, 1.165) is 51.0 Å². The summed E-state index contributed by atoms with van der Waals surface area (Å²) < 4.78 is 13.3. The number of rotatable bonds is 3. The van der Waals surface area contributed by atoms with E-state index in [0.29, 0.717) is 11.8 Å². The van der Waals surface area contributed by atoms with Crippen LogP contribution in [-0.4, -0.2) is 59.2 Å². The fourth-order valence-corrected chi connectivity index (χ4v) is 9.76. The molecule has 1 aromatic rings. The third-order valence-electron chi connectivity index (χ3n) is 11.1. The quantitative estimate of drug-likeness (QED) is 0.714. The van der Waals surface area contributed by atoms with Gasteiger partial charge in [-0.2, -0.15) is 0 Å². The van der Waals surface area contributed by atoms with E-state index in [9.17, 15) is 10.2 Å². The minimum Gasteiger partial charge on any atom is -0.504 e. The van der Waals surface area contributed by atoms with Gasteiger partial charge in [-0.3, -0.25) is 4.90 Å². The zero-order valence-corrected chi connectivity index (χ0v) is 18.8. The lowest BCUT2D eigenvalue weighted by Crippen LogP contribution is -2.82. The molecule has 8 aliphatic rings. The Hall–Kier alpha value is -1.56. The summed E-state index contributed by atoms with van der Waals surface area (Å²) in [5, 5.41) is 22.4. The molecule has 1 saturated heterocycles. The van der Waals surface area contributed by atoms with Gasteiger partial charge in [-0.1, -0.05) is 24.6 Å². The van der Waals surface area contributed by atoms with Gasteiger partial charge in [-0.25, -0.2) is 0 Å². The molecule has 0 radical (unpaired) electrons. The molecular formula is C27H33NO4. The molecule has 1 aromatic carbocycles. The number of nitrogens with zero attached hydrogens (tertiary/aromatic N) is 1. The summed E-state index contributed by atoms with van der Waals surface area (Å²) in [5.41, 5.74) is 1.37. The van der Waals surface area contributed by atoms with E-state index in [1.165, 1.54) is 30.5 Å². The van der Waals surface area contributed by atoms with E-state index in [-0.39, 0.29) is 34.2 Å². The molecule has 7 atom stereocenters. The average molecular weight is 436 g/mol. The first kappa shape index (κ1) is 18.8. The second kappa shape index (κ2) is 5.56. The van der Waals surface area contributed by atoms with Crippen LogP contribution in [0.2, 0.25) is 0 Å². The zero-order valence-electron chi connectivity index (χ0n) is 18.8. The highest BCUT2D eigenvalue weighted by atomic mass is 16.6. The van der Waals surface area contributed by atoms with Crippen molar-refractivity contribution in [1.82, 2.24) is 4.90 Å². The topological polar surface area (TPSA) is 62.2 Å². The van der Waals surface area contributed by atoms with Crippen molar-refractivity contribution in [3.63, 3.8) is 0 Å². The predicted octanol–water partition coefficient (Wildman–Crippen LogP) is 3.31. The average Bonchev–Trinajstić information content (AvgIpc) is 3.43. The van der Waals surface area contributed by atoms with Crippen molar-refractivity contribution in [2.24, 2.45) is 16.7 Å². The van der Waals surface area contributed by atoms with Crippen molar-refractivity contribution in [3.8, 4) is 11.5 Å². The van der Waals surface area contributed by atoms with E-state index < -0.39 is 5.60 Å². The highest BCUT2D eigenvalue weighted by Crippen LogP contribution is 2.78. The maximum absolute atomic E-state index is 11.5. The fraction of sp³-hybridized carbons (Fsp3) is 0.704. The van der Waals surface area contributed by atoms with Crippen LogP contribution in [0, 0.1) is 16.7 Å². The third kappa shape index (κ3) is 1.72. The largest absolute Gasteiger partial charge is 0.504 e. The lowest BCUT2D eigenvalue weighted by atomic mass is 9.33. The molecule has 2 heterocycles. The minimum atomic E-state index is -0.659. The van der Waals surface area contributed by atoms with Crippen molar-refractivity contribution >= 4 is 0 Å². The van der Waals surface area contributed by atoms with Crippen molar-refractivity contribution in [2.75, 3.05) is 20.2 Å². The van der Waals surface area contributed by atoms with Crippen LogP contribution in [0.1, 0.15) is 56.1 Å². The highest BCUT2D eigenvalue weighted by molar-refractivity contribution is 5.65. The molecule has 4 unspecified atom stereocenters. The van der Waals surface area contributed by atoms with E-state index in [1.807, 2.05) is 13.2 Å². The molecule has 3 spiro atoms. The molecule has 0 amide bonds. The van der Waals surface area contributed by atoms with Crippen LogP contribution in [0.3, 0.4) is 0 Å². The van der Waals surface area contributed by atoms with E-state index in [4.69, 9.17) is 9.47 Å². The molecule has 4 bridgehead atoms. The Morgan fingerprint density at radius 2 is 2.06 bits per heavy atom. The van der Waals surface area contributed by atoms with Gasteiger partial charge in [-0.05, 0) is 69.0 Å². The minimum absolute atomic E-state index is 0.0809. The van der Waals surface area contributed by atoms with Gasteiger partial charge < -0.3 is 19.7 Å². The summed E-state index contributed by atoms with van der Waals surface area (Å²) in [7, 11) is 1.81. The Morgan fingerprint density at radius 3 is 2.81 bits per heavy atom. The van der Waals surface area contributed by atoms with Gasteiger partial charge >= 0.3 is 0 Å². The van der Waals surface area contributed by atoms with Crippen LogP contribution in [0.4, 0.5) is 0 Å². The van der Waals surface area contributed by atoms with E-state index in [1.54, 1.807) is 0 Å². The molecule has 2 N–H and O–H groups in total. The molecule has 6 aliphatic carbocycles. The Bertz CT molecular complexity index is 1070. The van der Waals surface area contributed by atoms with Crippen LogP contribution < -0.4 is 4.74 Å². The Morgan fingerprint density at radius 1 is 1.19 bits per heavy atom. The molecule has 2 aliphatic heterocycles. The number of likely N-dealkylation sites (tertiary alicyclic amines) is 1.